The van der Waals surface area contributed by atoms with E-state index in [4.69, 9.17) is 4.98 Å². The van der Waals surface area contributed by atoms with Crippen LogP contribution < -0.4 is 0 Å². The summed E-state index contributed by atoms with van der Waals surface area (Å²) >= 11 is 1.40. The molecule has 0 fully saturated rings. The molecule has 1 aromatic heterocycles. The average molecular weight is 356 g/mol. The molecule has 25 heavy (non-hydrogen) atoms. The van der Waals surface area contributed by atoms with Crippen LogP contribution in [0.4, 0.5) is 0 Å². The van der Waals surface area contributed by atoms with Gasteiger partial charge in [0.05, 0.1) is 17.0 Å². The van der Waals surface area contributed by atoms with Crippen molar-refractivity contribution in [1.82, 2.24) is 4.98 Å². The molecule has 2 nitrogen and oxygen atoms in total. The third-order valence-electron chi connectivity index (χ3n) is 4.35. The molecule has 2 rings (SSSR count). The molecule has 2 aromatic rings. The van der Waals surface area contributed by atoms with Crippen molar-refractivity contribution in [2.45, 2.75) is 59.8 Å². The highest BCUT2D eigenvalue weighted by Gasteiger charge is 2.23. The summed E-state index contributed by atoms with van der Waals surface area (Å²) in [5.41, 5.74) is 6.57. The lowest BCUT2D eigenvalue weighted by Crippen LogP contribution is -2.13. The molecule has 134 valence electrons. The van der Waals surface area contributed by atoms with Crippen molar-refractivity contribution in [3.05, 3.63) is 52.7 Å². The monoisotopic (exact) mass is 355 g/mol. The fourth-order valence-electron chi connectivity index (χ4n) is 3.31. The van der Waals surface area contributed by atoms with Gasteiger partial charge >= 0.3 is 0 Å². The minimum absolute atomic E-state index is 0.187. The molecule has 0 aliphatic heterocycles. The normalized spacial score (nSPS) is 10.9. The Hall–Kier alpha value is -1.61. The summed E-state index contributed by atoms with van der Waals surface area (Å²) in [6.45, 7) is 8.51. The number of benzene rings is 1. The van der Waals surface area contributed by atoms with E-state index in [1.54, 1.807) is 0 Å². The lowest BCUT2D eigenvalue weighted by Gasteiger charge is -2.20. The van der Waals surface area contributed by atoms with Crippen LogP contribution in [0, 0.1) is 0 Å². The number of hydrogen-bond donors (Lipinski definition) is 0. The van der Waals surface area contributed by atoms with E-state index in [1.807, 2.05) is 13.0 Å². The molecule has 0 amide bonds. The molecular weight excluding hydrogens is 326 g/mol. The molecule has 0 radical (unpaired) electrons. The number of hydrogen-bond acceptors (Lipinski definition) is 3. The van der Waals surface area contributed by atoms with Crippen LogP contribution in [0.25, 0.3) is 11.3 Å². The second-order valence-corrected chi connectivity index (χ2v) is 7.42. The van der Waals surface area contributed by atoms with Crippen molar-refractivity contribution in [2.75, 3.05) is 5.75 Å². The van der Waals surface area contributed by atoms with Crippen LogP contribution in [-0.2, 0) is 19.3 Å². The first-order chi connectivity index (χ1) is 12.2. The van der Waals surface area contributed by atoms with Crippen LogP contribution in [0.1, 0.15) is 67.7 Å². The molecule has 0 aliphatic rings. The standard InChI is InChI=1S/C22H29NOS/c1-5-12-17-18(13-6-2)21(16-14-10-9-11-15-16)23-19(7-3)20(17)22(24)25-8-4/h9-11,14-15H,5-8,12-13H2,1-4H3. The van der Waals surface area contributed by atoms with E-state index in [2.05, 4.69) is 45.0 Å². The minimum Gasteiger partial charge on any atom is -0.281 e. The third kappa shape index (κ3) is 4.52. The van der Waals surface area contributed by atoms with Gasteiger partial charge in [0.2, 0.25) is 5.12 Å². The third-order valence-corrected chi connectivity index (χ3v) is 5.10. The van der Waals surface area contributed by atoms with Crippen molar-refractivity contribution in [2.24, 2.45) is 0 Å². The maximum Gasteiger partial charge on any atom is 0.221 e. The Labute approximate surface area is 156 Å². The zero-order chi connectivity index (χ0) is 18.2. The van der Waals surface area contributed by atoms with E-state index in [0.717, 1.165) is 60.4 Å². The number of thioether (sulfide) groups is 1. The molecule has 1 heterocycles. The molecule has 0 bridgehead atoms. The summed E-state index contributed by atoms with van der Waals surface area (Å²) < 4.78 is 0. The first-order valence-corrected chi connectivity index (χ1v) is 10.4. The first-order valence-electron chi connectivity index (χ1n) is 9.44. The summed E-state index contributed by atoms with van der Waals surface area (Å²) in [6, 6.07) is 10.4. The molecule has 0 saturated carbocycles. The molecule has 0 N–H and O–H groups in total. The topological polar surface area (TPSA) is 30.0 Å². The Kier molecular flexibility index (Phi) is 7.70. The van der Waals surface area contributed by atoms with Crippen molar-refractivity contribution in [1.29, 1.82) is 0 Å². The van der Waals surface area contributed by atoms with Gasteiger partial charge in [-0.3, -0.25) is 9.78 Å². The van der Waals surface area contributed by atoms with Gasteiger partial charge in [-0.25, -0.2) is 0 Å². The van der Waals surface area contributed by atoms with Gasteiger partial charge < -0.3 is 0 Å². The summed E-state index contributed by atoms with van der Waals surface area (Å²) in [6.07, 6.45) is 4.78. The van der Waals surface area contributed by atoms with E-state index in [0.29, 0.717) is 0 Å². The molecule has 0 spiro atoms. The number of carbonyl (C=O) groups is 1. The smallest absolute Gasteiger partial charge is 0.221 e. The predicted molar refractivity (Wildman–Crippen MR) is 110 cm³/mol. The highest BCUT2D eigenvalue weighted by atomic mass is 32.2. The lowest BCUT2D eigenvalue weighted by atomic mass is 9.90. The lowest BCUT2D eigenvalue weighted by molar-refractivity contribution is 0.108. The van der Waals surface area contributed by atoms with E-state index < -0.39 is 0 Å². The summed E-state index contributed by atoms with van der Waals surface area (Å²) in [4.78, 5) is 17.8. The van der Waals surface area contributed by atoms with Gasteiger partial charge in [0.15, 0.2) is 0 Å². The number of aryl methyl sites for hydroxylation is 1. The van der Waals surface area contributed by atoms with Gasteiger partial charge in [-0.15, -0.1) is 0 Å². The molecule has 0 aliphatic carbocycles. The molecule has 0 unspecified atom stereocenters. The fourth-order valence-corrected chi connectivity index (χ4v) is 3.95. The maximum absolute atomic E-state index is 12.8. The SMILES string of the molecule is CCCc1c(-c2ccccc2)nc(CC)c(C(=O)SCC)c1CCC. The average Bonchev–Trinajstić information content (AvgIpc) is 2.63. The number of pyridine rings is 1. The van der Waals surface area contributed by atoms with Gasteiger partial charge in [-0.2, -0.15) is 0 Å². The molecule has 3 heteroatoms. The van der Waals surface area contributed by atoms with Crippen LogP contribution in [-0.4, -0.2) is 15.9 Å². The Morgan fingerprint density at radius 3 is 2.16 bits per heavy atom. The Bertz CT molecular complexity index is 710. The maximum atomic E-state index is 12.8. The van der Waals surface area contributed by atoms with Gasteiger partial charge in [-0.05, 0) is 36.1 Å². The van der Waals surface area contributed by atoms with Crippen molar-refractivity contribution in [3.8, 4) is 11.3 Å². The number of nitrogens with zero attached hydrogens (tertiary/aromatic N) is 1. The van der Waals surface area contributed by atoms with Crippen LogP contribution in [0.2, 0.25) is 0 Å². The zero-order valence-electron chi connectivity index (χ0n) is 15.9. The highest BCUT2D eigenvalue weighted by Crippen LogP contribution is 2.32. The van der Waals surface area contributed by atoms with Crippen LogP contribution in [0.5, 0.6) is 0 Å². The molecular formula is C22H29NOS. The Morgan fingerprint density at radius 1 is 0.960 bits per heavy atom. The van der Waals surface area contributed by atoms with Crippen molar-refractivity contribution in [3.63, 3.8) is 0 Å². The van der Waals surface area contributed by atoms with Crippen LogP contribution >= 0.6 is 11.8 Å². The van der Waals surface area contributed by atoms with Gasteiger partial charge in [0.25, 0.3) is 0 Å². The molecule has 1 aromatic carbocycles. The van der Waals surface area contributed by atoms with Gasteiger partial charge in [-0.1, -0.05) is 82.6 Å². The van der Waals surface area contributed by atoms with Gasteiger partial charge in [0.1, 0.15) is 0 Å². The molecule has 0 saturated heterocycles. The predicted octanol–water partition coefficient (Wildman–Crippen LogP) is 6.11. The van der Waals surface area contributed by atoms with Crippen LogP contribution in [0.15, 0.2) is 30.3 Å². The molecule has 0 atom stereocenters. The van der Waals surface area contributed by atoms with E-state index in [1.165, 1.54) is 22.9 Å². The van der Waals surface area contributed by atoms with Crippen molar-refractivity contribution >= 4 is 16.9 Å². The summed E-state index contributed by atoms with van der Waals surface area (Å²) in [5.74, 6) is 0.803. The van der Waals surface area contributed by atoms with Gasteiger partial charge in [0, 0.05) is 5.56 Å². The highest BCUT2D eigenvalue weighted by molar-refractivity contribution is 8.14. The summed E-state index contributed by atoms with van der Waals surface area (Å²) in [5, 5.41) is 0.187. The second kappa shape index (κ2) is 9.76. The minimum atomic E-state index is 0.187. The second-order valence-electron chi connectivity index (χ2n) is 6.18. The zero-order valence-corrected chi connectivity index (χ0v) is 16.7. The number of aromatic nitrogens is 1. The van der Waals surface area contributed by atoms with E-state index in [9.17, 15) is 4.79 Å². The Balaban J connectivity index is 2.77. The number of rotatable bonds is 8. The first kappa shape index (κ1) is 19.7. The Morgan fingerprint density at radius 2 is 1.60 bits per heavy atom. The quantitative estimate of drug-likeness (QED) is 0.572. The number of carbonyl (C=O) groups excluding carboxylic acids is 1. The largest absolute Gasteiger partial charge is 0.281 e. The summed E-state index contributed by atoms with van der Waals surface area (Å²) in [7, 11) is 0. The van der Waals surface area contributed by atoms with E-state index >= 15 is 0 Å². The van der Waals surface area contributed by atoms with Crippen LogP contribution in [0.3, 0.4) is 0 Å². The fraction of sp³-hybridized carbons (Fsp3) is 0.455. The van der Waals surface area contributed by atoms with Crippen molar-refractivity contribution < 1.29 is 4.79 Å². The van der Waals surface area contributed by atoms with E-state index in [-0.39, 0.29) is 5.12 Å².